The average molecular weight is 619 g/mol. The van der Waals surface area contributed by atoms with Crippen LogP contribution in [-0.4, -0.2) is 71.2 Å². The predicted molar refractivity (Wildman–Crippen MR) is 143 cm³/mol. The molecule has 17 heteroatoms. The topological polar surface area (TPSA) is 198 Å². The summed E-state index contributed by atoms with van der Waals surface area (Å²) in [4.78, 5) is 23.6. The van der Waals surface area contributed by atoms with Crippen molar-refractivity contribution in [1.29, 1.82) is 16.1 Å². The van der Waals surface area contributed by atoms with E-state index >= 15 is 0 Å². The van der Waals surface area contributed by atoms with Gasteiger partial charge < -0.3 is 29.7 Å². The molecular weight excluding hydrogens is 593 g/mol. The highest BCUT2D eigenvalue weighted by atomic mass is 35.5. The minimum atomic E-state index is -1.69. The van der Waals surface area contributed by atoms with Gasteiger partial charge in [0.25, 0.3) is 0 Å². The molecule has 1 saturated heterocycles. The second-order valence-corrected chi connectivity index (χ2v) is 9.90. The van der Waals surface area contributed by atoms with E-state index in [0.29, 0.717) is 12.1 Å². The number of hydrazine groups is 1. The third-order valence-electron chi connectivity index (χ3n) is 5.44. The number of thioether (sulfide) groups is 1. The molecule has 1 aromatic carbocycles. The molecule has 0 saturated carbocycles. The van der Waals surface area contributed by atoms with Gasteiger partial charge in [0.05, 0.1) is 15.8 Å². The zero-order chi connectivity index (χ0) is 31.0. The first-order valence-electron chi connectivity index (χ1n) is 11.5. The molecule has 2 rings (SSSR count). The molecule has 6 N–H and O–H groups in total. The zero-order valence-corrected chi connectivity index (χ0v) is 23.4. The number of nitrogens with two attached hydrogens (primary N) is 2. The Morgan fingerprint density at radius 1 is 1.22 bits per heavy atom. The highest BCUT2D eigenvalue weighted by Crippen LogP contribution is 2.35. The second kappa shape index (κ2) is 14.8. The zero-order valence-electron chi connectivity index (χ0n) is 21.8. The summed E-state index contributed by atoms with van der Waals surface area (Å²) in [6, 6.07) is 1.65. The third-order valence-corrected chi connectivity index (χ3v) is 6.72. The summed E-state index contributed by atoms with van der Waals surface area (Å²) >= 11 is 6.60. The number of nitrogens with zero attached hydrogens (tertiary/aromatic N) is 2. The van der Waals surface area contributed by atoms with Gasteiger partial charge in [-0.3, -0.25) is 20.4 Å². The maximum absolute atomic E-state index is 13.8. The summed E-state index contributed by atoms with van der Waals surface area (Å²) < 4.78 is 63.1. The van der Waals surface area contributed by atoms with Crippen LogP contribution in [0.15, 0.2) is 29.4 Å². The van der Waals surface area contributed by atoms with Crippen LogP contribution in [0.3, 0.4) is 0 Å². The van der Waals surface area contributed by atoms with E-state index in [9.17, 15) is 22.8 Å². The number of benzene rings is 1. The molecule has 222 valence electrons. The molecule has 0 aromatic heterocycles. The molecule has 1 heterocycles. The second-order valence-electron chi connectivity index (χ2n) is 8.36. The Morgan fingerprint density at radius 2 is 1.83 bits per heavy atom. The average Bonchev–Trinajstić information content (AvgIpc) is 2.89. The molecule has 41 heavy (non-hydrogen) atoms. The van der Waals surface area contributed by atoms with Crippen molar-refractivity contribution >= 4 is 51.8 Å². The minimum absolute atomic E-state index is 0.259. The fourth-order valence-corrected chi connectivity index (χ4v) is 4.95. The Bertz CT molecular complexity index is 1290. The van der Waals surface area contributed by atoms with E-state index in [1.54, 1.807) is 0 Å². The Kier molecular flexibility index (Phi) is 12.2. The van der Waals surface area contributed by atoms with Crippen molar-refractivity contribution < 1.29 is 41.7 Å². The van der Waals surface area contributed by atoms with E-state index in [2.05, 4.69) is 0 Å². The van der Waals surface area contributed by atoms with Crippen molar-refractivity contribution in [2.24, 2.45) is 11.6 Å². The number of esters is 2. The number of carbonyl (C=O) groups is 2. The summed E-state index contributed by atoms with van der Waals surface area (Å²) in [5.41, 5.74) is 3.71. The lowest BCUT2D eigenvalue weighted by atomic mass is 9.96. The monoisotopic (exact) mass is 618 g/mol. The smallest absolute Gasteiger partial charge is 0.303 e. The lowest BCUT2D eigenvalue weighted by Crippen LogP contribution is -2.66. The maximum Gasteiger partial charge on any atom is 0.303 e. The van der Waals surface area contributed by atoms with Crippen molar-refractivity contribution in [2.75, 3.05) is 13.7 Å². The fraction of sp³-hybridized carbons (Fsp3) is 0.375. The number of nitriles is 1. The Hall–Kier alpha value is -3.62. The molecule has 12 nitrogen and oxygen atoms in total. The lowest BCUT2D eigenvalue weighted by Gasteiger charge is -2.47. The molecule has 0 aliphatic carbocycles. The number of allylic oxidation sites excluding steroid dienone is 1. The van der Waals surface area contributed by atoms with Gasteiger partial charge in [-0.2, -0.15) is 5.26 Å². The molecular formula is C24H26ClF3N6O6S. The first-order valence-corrected chi connectivity index (χ1v) is 12.7. The lowest BCUT2D eigenvalue weighted by molar-refractivity contribution is -0.211. The number of carbonyl (C=O) groups excluding carboxylic acids is 2. The first kappa shape index (κ1) is 33.6. The minimum Gasteiger partial charge on any atom is -0.463 e. The van der Waals surface area contributed by atoms with E-state index in [1.165, 1.54) is 13.2 Å². The summed E-state index contributed by atoms with van der Waals surface area (Å²) in [6.45, 7) is 1.81. The van der Waals surface area contributed by atoms with Crippen molar-refractivity contribution in [1.82, 2.24) is 5.01 Å². The molecule has 1 fully saturated rings. The van der Waals surface area contributed by atoms with E-state index in [4.69, 9.17) is 58.2 Å². The highest BCUT2D eigenvalue weighted by molar-refractivity contribution is 8.14. The molecule has 5 atom stereocenters. The van der Waals surface area contributed by atoms with Gasteiger partial charge in [0.2, 0.25) is 0 Å². The summed E-state index contributed by atoms with van der Waals surface area (Å²) in [5.74, 6) is 0.153. The van der Waals surface area contributed by atoms with Gasteiger partial charge in [-0.15, -0.1) is 0 Å². The van der Waals surface area contributed by atoms with Gasteiger partial charge in [-0.1, -0.05) is 23.4 Å². The highest BCUT2D eigenvalue weighted by Gasteiger charge is 2.51. The van der Waals surface area contributed by atoms with Gasteiger partial charge in [-0.05, 0) is 18.2 Å². The molecule has 1 aliphatic rings. The number of ether oxygens (including phenoxy) is 4. The quantitative estimate of drug-likeness (QED) is 0.0750. The van der Waals surface area contributed by atoms with E-state index in [-0.39, 0.29) is 21.3 Å². The summed E-state index contributed by atoms with van der Waals surface area (Å²) in [7, 11) is 1.26. The van der Waals surface area contributed by atoms with Crippen LogP contribution in [0.25, 0.3) is 5.70 Å². The van der Waals surface area contributed by atoms with E-state index in [1.807, 2.05) is 0 Å². The van der Waals surface area contributed by atoms with Crippen LogP contribution in [0.4, 0.5) is 13.2 Å². The number of hydrogen-bond acceptors (Lipinski definition) is 13. The Labute approximate surface area is 241 Å². The number of rotatable bonds is 10. The first-order chi connectivity index (χ1) is 19.2. The molecule has 5 unspecified atom stereocenters. The van der Waals surface area contributed by atoms with Crippen LogP contribution >= 0.6 is 23.4 Å². The van der Waals surface area contributed by atoms with Gasteiger partial charge >= 0.3 is 11.9 Å². The number of methoxy groups -OCH3 is 1. The van der Waals surface area contributed by atoms with Crippen LogP contribution in [0.5, 0.6) is 0 Å². The summed E-state index contributed by atoms with van der Waals surface area (Å²) in [6.07, 6.45) is -1.53. The predicted octanol–water partition coefficient (Wildman–Crippen LogP) is 2.52. The van der Waals surface area contributed by atoms with Crippen molar-refractivity contribution in [3.05, 3.63) is 52.5 Å². The molecule has 1 aromatic rings. The maximum atomic E-state index is 13.8. The van der Waals surface area contributed by atoms with E-state index in [0.717, 1.165) is 42.9 Å². The number of hydrogen-bond donors (Lipinski definition) is 4. The van der Waals surface area contributed by atoms with Crippen LogP contribution in [0, 0.1) is 39.6 Å². The Morgan fingerprint density at radius 3 is 2.34 bits per heavy atom. The fourth-order valence-electron chi connectivity index (χ4n) is 3.69. The molecule has 0 radical (unpaired) electrons. The largest absolute Gasteiger partial charge is 0.463 e. The van der Waals surface area contributed by atoms with Gasteiger partial charge in [0, 0.05) is 32.7 Å². The number of halogens is 4. The van der Waals surface area contributed by atoms with Crippen LogP contribution in [-0.2, 0) is 28.5 Å². The molecule has 0 spiro atoms. The molecule has 1 aliphatic heterocycles. The normalized spacial score (nSPS) is 22.9. The molecule has 0 bridgehead atoms. The van der Waals surface area contributed by atoms with Crippen LogP contribution in [0.1, 0.15) is 19.4 Å². The van der Waals surface area contributed by atoms with Crippen LogP contribution in [0.2, 0.25) is 0 Å². The SMILES string of the molecule is COC1C(SC(=N)/C=C(/Cl)C(=N)C#N)OC(COC(C)=O)C(OC(C)=O)C1N(N)/C=C(\N)c1cc(F)c(F)c(F)c1. The molecule has 0 amide bonds. The Balaban J connectivity index is 2.56. The van der Waals surface area contributed by atoms with Gasteiger partial charge in [-0.25, -0.2) is 19.0 Å². The van der Waals surface area contributed by atoms with Crippen LogP contribution < -0.4 is 11.6 Å². The van der Waals surface area contributed by atoms with Crippen molar-refractivity contribution in [3.63, 3.8) is 0 Å². The summed E-state index contributed by atoms with van der Waals surface area (Å²) in [5, 5.41) is 24.9. The van der Waals surface area contributed by atoms with E-state index < -0.39 is 71.5 Å². The third kappa shape index (κ3) is 8.93. The van der Waals surface area contributed by atoms with Gasteiger partial charge in [0.1, 0.15) is 36.4 Å². The van der Waals surface area contributed by atoms with Crippen molar-refractivity contribution in [3.8, 4) is 6.07 Å². The number of nitrogens with one attached hydrogen (secondary N) is 2. The van der Waals surface area contributed by atoms with Crippen molar-refractivity contribution in [2.45, 2.75) is 43.6 Å². The van der Waals surface area contributed by atoms with Gasteiger partial charge in [0.15, 0.2) is 29.3 Å². The standard InChI is InChI=1S/C24H26ClF3N6O6S/c1-10(35)38-9-18-22(39-11(2)36)21(34(33)8-17(31)12-4-14(26)20(28)15(27)5-12)23(37-3)24(40-18)41-19(32)6-13(25)16(30)7-29/h4-6,8,18,21-24,30,32H,9,31,33H2,1-3H3/b13-6+,17-8-,30-16?,32-19?.